The van der Waals surface area contributed by atoms with Gasteiger partial charge in [-0.2, -0.15) is 5.10 Å². The van der Waals surface area contributed by atoms with E-state index in [0.717, 1.165) is 5.56 Å². The standard InChI is InChI=1S/C9H17N3O2/c1-7(11-9(5-13)6-14)8-3-10-12(2)4-8/h3-4,7,9,11,13-14H,5-6H2,1-2H3. The Labute approximate surface area is 83.4 Å². The lowest BCUT2D eigenvalue weighted by molar-refractivity contribution is 0.163. The molecule has 0 spiro atoms. The number of aryl methyl sites for hydroxylation is 1. The summed E-state index contributed by atoms with van der Waals surface area (Å²) in [4.78, 5) is 0. The molecule has 3 N–H and O–H groups in total. The first kappa shape index (κ1) is 11.2. The number of aliphatic hydroxyl groups excluding tert-OH is 2. The zero-order valence-corrected chi connectivity index (χ0v) is 8.51. The predicted molar refractivity (Wildman–Crippen MR) is 52.7 cm³/mol. The Bertz CT molecular complexity index is 271. The zero-order chi connectivity index (χ0) is 10.6. The Morgan fingerprint density at radius 3 is 2.57 bits per heavy atom. The molecule has 0 bridgehead atoms. The minimum atomic E-state index is -0.273. The van der Waals surface area contributed by atoms with E-state index >= 15 is 0 Å². The summed E-state index contributed by atoms with van der Waals surface area (Å²) in [5.41, 5.74) is 1.04. The molecule has 5 heteroatoms. The maximum absolute atomic E-state index is 8.88. The zero-order valence-electron chi connectivity index (χ0n) is 8.51. The first-order chi connectivity index (χ1) is 6.67. The molecule has 80 valence electrons. The molecule has 0 amide bonds. The Hall–Kier alpha value is -0.910. The number of rotatable bonds is 5. The van der Waals surface area contributed by atoms with Crippen LogP contribution < -0.4 is 5.32 Å². The molecule has 1 aromatic heterocycles. The van der Waals surface area contributed by atoms with Crippen LogP contribution in [0.5, 0.6) is 0 Å². The Morgan fingerprint density at radius 2 is 2.14 bits per heavy atom. The van der Waals surface area contributed by atoms with E-state index < -0.39 is 0 Å². The highest BCUT2D eigenvalue weighted by Crippen LogP contribution is 2.10. The van der Waals surface area contributed by atoms with Crippen molar-refractivity contribution in [3.63, 3.8) is 0 Å². The predicted octanol–water partition coefficient (Wildman–Crippen LogP) is -0.576. The van der Waals surface area contributed by atoms with E-state index in [4.69, 9.17) is 10.2 Å². The van der Waals surface area contributed by atoms with Crippen molar-refractivity contribution in [2.24, 2.45) is 7.05 Å². The third kappa shape index (κ3) is 2.80. The molecular formula is C9H17N3O2. The molecule has 1 unspecified atom stereocenters. The highest BCUT2D eigenvalue weighted by Gasteiger charge is 2.12. The third-order valence-corrected chi connectivity index (χ3v) is 2.15. The average molecular weight is 199 g/mol. The van der Waals surface area contributed by atoms with Crippen molar-refractivity contribution < 1.29 is 10.2 Å². The maximum atomic E-state index is 8.88. The lowest BCUT2D eigenvalue weighted by Gasteiger charge is -2.18. The van der Waals surface area contributed by atoms with Gasteiger partial charge in [0.15, 0.2) is 0 Å². The molecule has 0 aliphatic heterocycles. The molecule has 0 aliphatic rings. The first-order valence-corrected chi connectivity index (χ1v) is 4.63. The largest absolute Gasteiger partial charge is 0.395 e. The fraction of sp³-hybridized carbons (Fsp3) is 0.667. The van der Waals surface area contributed by atoms with Gasteiger partial charge in [-0.05, 0) is 6.92 Å². The quantitative estimate of drug-likeness (QED) is 0.593. The lowest BCUT2D eigenvalue weighted by atomic mass is 10.1. The molecule has 0 saturated carbocycles. The summed E-state index contributed by atoms with van der Waals surface area (Å²) in [5, 5.41) is 24.9. The van der Waals surface area contributed by atoms with Crippen molar-refractivity contribution in [3.05, 3.63) is 18.0 Å². The fourth-order valence-electron chi connectivity index (χ4n) is 1.28. The number of hydrogen-bond acceptors (Lipinski definition) is 4. The van der Waals surface area contributed by atoms with Gasteiger partial charge in [-0.1, -0.05) is 0 Å². The minimum Gasteiger partial charge on any atom is -0.395 e. The molecule has 1 atom stereocenters. The van der Waals surface area contributed by atoms with Crippen molar-refractivity contribution in [3.8, 4) is 0 Å². The Kier molecular flexibility index (Phi) is 4.06. The molecule has 0 aliphatic carbocycles. The van der Waals surface area contributed by atoms with Gasteiger partial charge in [-0.3, -0.25) is 4.68 Å². The summed E-state index contributed by atoms with van der Waals surface area (Å²) >= 11 is 0. The Balaban J connectivity index is 2.53. The summed E-state index contributed by atoms with van der Waals surface area (Å²) in [5.74, 6) is 0. The second kappa shape index (κ2) is 5.09. The summed E-state index contributed by atoms with van der Waals surface area (Å²) in [7, 11) is 1.85. The molecule has 1 aromatic rings. The van der Waals surface area contributed by atoms with Crippen LogP contribution in [0.25, 0.3) is 0 Å². The van der Waals surface area contributed by atoms with Gasteiger partial charge in [0.1, 0.15) is 0 Å². The van der Waals surface area contributed by atoms with Gasteiger partial charge < -0.3 is 15.5 Å². The molecule has 1 heterocycles. The number of aromatic nitrogens is 2. The van der Waals surface area contributed by atoms with Gasteiger partial charge in [0, 0.05) is 24.8 Å². The van der Waals surface area contributed by atoms with Crippen LogP contribution in [0.2, 0.25) is 0 Å². The first-order valence-electron chi connectivity index (χ1n) is 4.63. The molecule has 0 fully saturated rings. The van der Waals surface area contributed by atoms with E-state index in [-0.39, 0.29) is 25.3 Å². The van der Waals surface area contributed by atoms with Crippen LogP contribution >= 0.6 is 0 Å². The molecule has 14 heavy (non-hydrogen) atoms. The molecule has 1 rings (SSSR count). The second-order valence-corrected chi connectivity index (χ2v) is 3.40. The minimum absolute atomic E-state index is 0.0684. The number of nitrogens with zero attached hydrogens (tertiary/aromatic N) is 2. The summed E-state index contributed by atoms with van der Waals surface area (Å²) in [6, 6.07) is -0.196. The normalized spacial score (nSPS) is 13.5. The third-order valence-electron chi connectivity index (χ3n) is 2.15. The van der Waals surface area contributed by atoms with Crippen molar-refractivity contribution in [1.29, 1.82) is 0 Å². The summed E-state index contributed by atoms with van der Waals surface area (Å²) in [6.07, 6.45) is 3.67. The lowest BCUT2D eigenvalue weighted by Crippen LogP contribution is -2.37. The second-order valence-electron chi connectivity index (χ2n) is 3.40. The molecule has 5 nitrogen and oxygen atoms in total. The van der Waals surface area contributed by atoms with E-state index in [9.17, 15) is 0 Å². The monoisotopic (exact) mass is 199 g/mol. The number of aliphatic hydroxyl groups is 2. The smallest absolute Gasteiger partial charge is 0.0607 e. The average Bonchev–Trinajstić information content (AvgIpc) is 2.61. The summed E-state index contributed by atoms with van der Waals surface area (Å²) in [6.45, 7) is 1.83. The van der Waals surface area contributed by atoms with Crippen molar-refractivity contribution in [2.45, 2.75) is 19.0 Å². The van der Waals surface area contributed by atoms with Crippen LogP contribution in [0.15, 0.2) is 12.4 Å². The molecule has 0 aromatic carbocycles. The SMILES string of the molecule is CC(NC(CO)CO)c1cnn(C)c1. The molecule has 0 radical (unpaired) electrons. The number of nitrogens with one attached hydrogen (secondary N) is 1. The van der Waals surface area contributed by atoms with Gasteiger partial charge in [0.2, 0.25) is 0 Å². The van der Waals surface area contributed by atoms with Gasteiger partial charge in [0.25, 0.3) is 0 Å². The van der Waals surface area contributed by atoms with Crippen LogP contribution in [0.1, 0.15) is 18.5 Å². The van der Waals surface area contributed by atoms with Crippen LogP contribution in [0, 0.1) is 0 Å². The highest BCUT2D eigenvalue weighted by atomic mass is 16.3. The van der Waals surface area contributed by atoms with Crippen molar-refractivity contribution in [1.82, 2.24) is 15.1 Å². The number of hydrogen-bond donors (Lipinski definition) is 3. The van der Waals surface area contributed by atoms with Crippen LogP contribution in [-0.4, -0.2) is 39.2 Å². The van der Waals surface area contributed by atoms with E-state index in [1.165, 1.54) is 0 Å². The molecular weight excluding hydrogens is 182 g/mol. The topological polar surface area (TPSA) is 70.3 Å². The molecule has 0 saturated heterocycles. The van der Waals surface area contributed by atoms with Crippen molar-refractivity contribution in [2.75, 3.05) is 13.2 Å². The van der Waals surface area contributed by atoms with Gasteiger partial charge >= 0.3 is 0 Å². The van der Waals surface area contributed by atoms with Crippen LogP contribution in [0.4, 0.5) is 0 Å². The summed E-state index contributed by atoms with van der Waals surface area (Å²) < 4.78 is 1.72. The van der Waals surface area contributed by atoms with Crippen LogP contribution in [0.3, 0.4) is 0 Å². The van der Waals surface area contributed by atoms with E-state index in [1.807, 2.05) is 20.2 Å². The fourth-order valence-corrected chi connectivity index (χ4v) is 1.28. The van der Waals surface area contributed by atoms with E-state index in [2.05, 4.69) is 10.4 Å². The van der Waals surface area contributed by atoms with Crippen LogP contribution in [-0.2, 0) is 7.05 Å². The van der Waals surface area contributed by atoms with E-state index in [0.29, 0.717) is 0 Å². The van der Waals surface area contributed by atoms with E-state index in [1.54, 1.807) is 10.9 Å². The maximum Gasteiger partial charge on any atom is 0.0607 e. The van der Waals surface area contributed by atoms with Crippen molar-refractivity contribution >= 4 is 0 Å². The van der Waals surface area contributed by atoms with Gasteiger partial charge in [-0.15, -0.1) is 0 Å². The van der Waals surface area contributed by atoms with Gasteiger partial charge in [0.05, 0.1) is 25.5 Å². The highest BCUT2D eigenvalue weighted by molar-refractivity contribution is 5.09. The van der Waals surface area contributed by atoms with Gasteiger partial charge in [-0.25, -0.2) is 0 Å². The Morgan fingerprint density at radius 1 is 1.50 bits per heavy atom.